The molecule has 2 aromatic heterocycles. The standard InChI is InChI=1S/C15H15N7O3/c1-2-16-15(25)20-9-5-3-4-8(6-9)19-14(24)11-10-12(22-21-11)17-7-18-13(10)23/h3-7H,2H2,1H3,(H,19,24)(H2,16,20,25)(H2,17,18,21,22,23). The number of aromatic amines is 2. The largest absolute Gasteiger partial charge is 0.338 e. The zero-order valence-electron chi connectivity index (χ0n) is 13.2. The molecular weight excluding hydrogens is 326 g/mol. The first-order valence-electron chi connectivity index (χ1n) is 7.46. The predicted molar refractivity (Wildman–Crippen MR) is 91.6 cm³/mol. The van der Waals surface area contributed by atoms with Crippen molar-refractivity contribution >= 4 is 34.3 Å². The molecule has 0 unspecified atom stereocenters. The van der Waals surface area contributed by atoms with E-state index in [0.29, 0.717) is 17.9 Å². The molecule has 5 N–H and O–H groups in total. The fraction of sp³-hybridized carbons (Fsp3) is 0.133. The van der Waals surface area contributed by atoms with Crippen LogP contribution in [-0.4, -0.2) is 38.6 Å². The number of benzene rings is 1. The summed E-state index contributed by atoms with van der Waals surface area (Å²) in [5, 5.41) is 14.3. The third kappa shape index (κ3) is 3.47. The van der Waals surface area contributed by atoms with E-state index in [0.717, 1.165) is 0 Å². The van der Waals surface area contributed by atoms with Crippen molar-refractivity contribution in [2.45, 2.75) is 6.92 Å². The molecule has 1 aromatic carbocycles. The van der Waals surface area contributed by atoms with Gasteiger partial charge in [0.25, 0.3) is 11.5 Å². The average molecular weight is 341 g/mol. The first kappa shape index (κ1) is 16.2. The summed E-state index contributed by atoms with van der Waals surface area (Å²) in [6.07, 6.45) is 1.21. The Kier molecular flexibility index (Phi) is 4.42. The van der Waals surface area contributed by atoms with Crippen LogP contribution in [-0.2, 0) is 0 Å². The third-order valence-corrected chi connectivity index (χ3v) is 3.30. The Morgan fingerprint density at radius 2 is 1.96 bits per heavy atom. The van der Waals surface area contributed by atoms with Gasteiger partial charge in [0.15, 0.2) is 5.65 Å². The number of H-pyrrole nitrogens is 2. The number of anilines is 2. The number of carbonyl (C=O) groups excluding carboxylic acids is 2. The molecular formula is C15H15N7O3. The minimum absolute atomic E-state index is 0.00596. The van der Waals surface area contributed by atoms with Crippen molar-refractivity contribution in [2.75, 3.05) is 17.2 Å². The van der Waals surface area contributed by atoms with Crippen LogP contribution in [0.1, 0.15) is 17.4 Å². The number of nitrogens with one attached hydrogen (secondary N) is 5. The summed E-state index contributed by atoms with van der Waals surface area (Å²) in [6.45, 7) is 2.30. The highest BCUT2D eigenvalue weighted by atomic mass is 16.2. The molecule has 10 nitrogen and oxygen atoms in total. The number of carbonyl (C=O) groups is 2. The van der Waals surface area contributed by atoms with Crippen LogP contribution in [0.4, 0.5) is 16.2 Å². The molecule has 0 fully saturated rings. The molecule has 0 radical (unpaired) electrons. The number of urea groups is 1. The molecule has 0 aliphatic rings. The Bertz CT molecular complexity index is 992. The lowest BCUT2D eigenvalue weighted by atomic mass is 10.2. The summed E-state index contributed by atoms with van der Waals surface area (Å²) in [6, 6.07) is 6.26. The van der Waals surface area contributed by atoms with Crippen molar-refractivity contribution in [3.63, 3.8) is 0 Å². The minimum atomic E-state index is -0.545. The summed E-state index contributed by atoms with van der Waals surface area (Å²) in [5.74, 6) is -0.545. The van der Waals surface area contributed by atoms with Crippen LogP contribution in [0, 0.1) is 0 Å². The fourth-order valence-electron chi connectivity index (χ4n) is 2.23. The van der Waals surface area contributed by atoms with E-state index in [2.05, 4.69) is 36.1 Å². The molecule has 25 heavy (non-hydrogen) atoms. The van der Waals surface area contributed by atoms with E-state index in [9.17, 15) is 14.4 Å². The van der Waals surface area contributed by atoms with Gasteiger partial charge in [-0.1, -0.05) is 6.07 Å². The van der Waals surface area contributed by atoms with Gasteiger partial charge in [0, 0.05) is 17.9 Å². The number of amides is 3. The van der Waals surface area contributed by atoms with Gasteiger partial charge in [-0.25, -0.2) is 9.78 Å². The van der Waals surface area contributed by atoms with E-state index < -0.39 is 11.5 Å². The molecule has 10 heteroatoms. The molecule has 3 rings (SSSR count). The Hall–Kier alpha value is -3.69. The minimum Gasteiger partial charge on any atom is -0.338 e. The summed E-state index contributed by atoms with van der Waals surface area (Å²) < 4.78 is 0. The summed E-state index contributed by atoms with van der Waals surface area (Å²) in [4.78, 5) is 42.1. The highest BCUT2D eigenvalue weighted by Gasteiger charge is 2.17. The Balaban J connectivity index is 1.81. The summed E-state index contributed by atoms with van der Waals surface area (Å²) >= 11 is 0. The topological polar surface area (TPSA) is 145 Å². The zero-order valence-corrected chi connectivity index (χ0v) is 13.2. The molecule has 3 aromatic rings. The van der Waals surface area contributed by atoms with Gasteiger partial charge in [-0.3, -0.25) is 14.7 Å². The highest BCUT2D eigenvalue weighted by Crippen LogP contribution is 2.17. The Morgan fingerprint density at radius 1 is 1.20 bits per heavy atom. The molecule has 2 heterocycles. The number of hydrogen-bond acceptors (Lipinski definition) is 5. The van der Waals surface area contributed by atoms with E-state index in [1.807, 2.05) is 6.92 Å². The maximum Gasteiger partial charge on any atom is 0.319 e. The predicted octanol–water partition coefficient (Wildman–Crippen LogP) is 1.04. The number of fused-ring (bicyclic) bond motifs is 1. The zero-order chi connectivity index (χ0) is 17.8. The van der Waals surface area contributed by atoms with Crippen molar-refractivity contribution in [1.29, 1.82) is 0 Å². The number of rotatable bonds is 4. The van der Waals surface area contributed by atoms with Gasteiger partial charge in [-0.2, -0.15) is 5.10 Å². The van der Waals surface area contributed by atoms with E-state index in [1.54, 1.807) is 24.3 Å². The Morgan fingerprint density at radius 3 is 2.72 bits per heavy atom. The quantitative estimate of drug-likeness (QED) is 0.481. The lowest BCUT2D eigenvalue weighted by Crippen LogP contribution is -2.28. The molecule has 128 valence electrons. The summed E-state index contributed by atoms with van der Waals surface area (Å²) in [7, 11) is 0. The van der Waals surface area contributed by atoms with Gasteiger partial charge in [0.2, 0.25) is 0 Å². The second-order valence-corrected chi connectivity index (χ2v) is 5.05. The SMILES string of the molecule is CCNC(=O)Nc1cccc(NC(=O)c2[nH]nc3nc[nH]c(=O)c23)c1. The van der Waals surface area contributed by atoms with Crippen LogP contribution in [0.2, 0.25) is 0 Å². The van der Waals surface area contributed by atoms with E-state index in [1.165, 1.54) is 6.33 Å². The van der Waals surface area contributed by atoms with Crippen molar-refractivity contribution in [3.8, 4) is 0 Å². The molecule has 0 saturated heterocycles. The lowest BCUT2D eigenvalue weighted by molar-refractivity contribution is 0.102. The van der Waals surface area contributed by atoms with Crippen LogP contribution in [0.3, 0.4) is 0 Å². The Labute approximate surface area is 141 Å². The monoisotopic (exact) mass is 341 g/mol. The molecule has 0 aliphatic heterocycles. The van der Waals surface area contributed by atoms with Crippen LogP contribution < -0.4 is 21.5 Å². The van der Waals surface area contributed by atoms with Crippen molar-refractivity contribution in [3.05, 3.63) is 46.6 Å². The van der Waals surface area contributed by atoms with Gasteiger partial charge >= 0.3 is 6.03 Å². The van der Waals surface area contributed by atoms with Crippen LogP contribution >= 0.6 is 0 Å². The number of aromatic nitrogens is 4. The number of hydrogen-bond donors (Lipinski definition) is 5. The van der Waals surface area contributed by atoms with Crippen molar-refractivity contribution in [1.82, 2.24) is 25.5 Å². The van der Waals surface area contributed by atoms with E-state index in [4.69, 9.17) is 0 Å². The van der Waals surface area contributed by atoms with Gasteiger partial charge in [-0.05, 0) is 25.1 Å². The lowest BCUT2D eigenvalue weighted by Gasteiger charge is -2.08. The van der Waals surface area contributed by atoms with Crippen LogP contribution in [0.15, 0.2) is 35.4 Å². The maximum absolute atomic E-state index is 12.4. The molecule has 0 bridgehead atoms. The number of nitrogens with zero attached hydrogens (tertiary/aromatic N) is 2. The molecule has 0 aliphatic carbocycles. The highest BCUT2D eigenvalue weighted by molar-refractivity contribution is 6.10. The van der Waals surface area contributed by atoms with Gasteiger partial charge in [0.1, 0.15) is 11.1 Å². The average Bonchev–Trinajstić information content (AvgIpc) is 3.01. The molecule has 0 saturated carbocycles. The normalized spacial score (nSPS) is 10.4. The van der Waals surface area contributed by atoms with Crippen molar-refractivity contribution in [2.24, 2.45) is 0 Å². The van der Waals surface area contributed by atoms with Gasteiger partial charge in [-0.15, -0.1) is 0 Å². The summed E-state index contributed by atoms with van der Waals surface area (Å²) in [5.41, 5.74) is 0.655. The van der Waals surface area contributed by atoms with Crippen molar-refractivity contribution < 1.29 is 9.59 Å². The molecule has 0 spiro atoms. The molecule has 3 amide bonds. The van der Waals surface area contributed by atoms with E-state index in [-0.39, 0.29) is 22.8 Å². The molecule has 0 atom stereocenters. The van der Waals surface area contributed by atoms with Gasteiger partial charge in [0.05, 0.1) is 6.33 Å². The second kappa shape index (κ2) is 6.83. The first-order valence-corrected chi connectivity index (χ1v) is 7.46. The second-order valence-electron chi connectivity index (χ2n) is 5.05. The van der Waals surface area contributed by atoms with Crippen LogP contribution in [0.25, 0.3) is 11.0 Å². The van der Waals surface area contributed by atoms with Gasteiger partial charge < -0.3 is 20.9 Å². The smallest absolute Gasteiger partial charge is 0.319 e. The van der Waals surface area contributed by atoms with E-state index >= 15 is 0 Å². The maximum atomic E-state index is 12.4. The van der Waals surface area contributed by atoms with Crippen LogP contribution in [0.5, 0.6) is 0 Å². The third-order valence-electron chi connectivity index (χ3n) is 3.30. The first-order chi connectivity index (χ1) is 12.1. The fourth-order valence-corrected chi connectivity index (χ4v) is 2.23.